The van der Waals surface area contributed by atoms with Crippen LogP contribution < -0.4 is 10.5 Å². The number of nitrogen functional groups attached to an aromatic ring is 1. The first-order valence-electron chi connectivity index (χ1n) is 5.18. The number of benzene rings is 1. The van der Waals surface area contributed by atoms with E-state index >= 15 is 0 Å². The van der Waals surface area contributed by atoms with Crippen LogP contribution in [0.4, 0.5) is 11.6 Å². The van der Waals surface area contributed by atoms with Gasteiger partial charge in [0.05, 0.1) is 4.92 Å². The van der Waals surface area contributed by atoms with Crippen LogP contribution in [0, 0.1) is 17.0 Å². The molecule has 19 heavy (non-hydrogen) atoms. The summed E-state index contributed by atoms with van der Waals surface area (Å²) in [6, 6.07) is 5.52. The van der Waals surface area contributed by atoms with Gasteiger partial charge in [0.2, 0.25) is 17.6 Å². The molecule has 1 aromatic heterocycles. The zero-order valence-electron chi connectivity index (χ0n) is 9.83. The number of ether oxygens (including phenoxy) is 1. The number of anilines is 1. The first kappa shape index (κ1) is 13.0. The maximum Gasteiger partial charge on any atom is 0.311 e. The molecule has 0 saturated heterocycles. The summed E-state index contributed by atoms with van der Waals surface area (Å²) in [6.07, 6.45) is 0. The van der Waals surface area contributed by atoms with Gasteiger partial charge in [-0.05, 0) is 13.0 Å². The van der Waals surface area contributed by atoms with Crippen LogP contribution in [0.25, 0.3) is 0 Å². The summed E-state index contributed by atoms with van der Waals surface area (Å²) in [5, 5.41) is 11.2. The molecule has 0 amide bonds. The van der Waals surface area contributed by atoms with Gasteiger partial charge >= 0.3 is 5.69 Å². The highest BCUT2D eigenvalue weighted by Crippen LogP contribution is 2.33. The molecular formula is C11H9ClN4O3. The third-order valence-electron chi connectivity index (χ3n) is 2.18. The van der Waals surface area contributed by atoms with Crippen LogP contribution in [-0.2, 0) is 0 Å². The van der Waals surface area contributed by atoms with Crippen molar-refractivity contribution in [2.75, 3.05) is 5.73 Å². The topological polar surface area (TPSA) is 104 Å². The van der Waals surface area contributed by atoms with Gasteiger partial charge in [0.15, 0.2) is 0 Å². The molecule has 0 aliphatic heterocycles. The fraction of sp³-hybridized carbons (Fsp3) is 0.0909. The second-order valence-electron chi connectivity index (χ2n) is 3.68. The van der Waals surface area contributed by atoms with Gasteiger partial charge in [0.25, 0.3) is 0 Å². The molecule has 1 aromatic carbocycles. The van der Waals surface area contributed by atoms with Gasteiger partial charge in [-0.2, -0.15) is 4.98 Å². The van der Waals surface area contributed by atoms with Gasteiger partial charge in [-0.3, -0.25) is 10.1 Å². The molecule has 2 N–H and O–H groups in total. The lowest BCUT2D eigenvalue weighted by molar-refractivity contribution is -0.385. The lowest BCUT2D eigenvalue weighted by Crippen LogP contribution is -2.00. The second-order valence-corrected chi connectivity index (χ2v) is 4.11. The van der Waals surface area contributed by atoms with Crippen molar-refractivity contribution in [3.05, 3.63) is 45.1 Å². The molecule has 0 aliphatic carbocycles. The molecule has 98 valence electrons. The van der Waals surface area contributed by atoms with Gasteiger partial charge < -0.3 is 10.5 Å². The van der Waals surface area contributed by atoms with Crippen molar-refractivity contribution in [3.63, 3.8) is 0 Å². The molecule has 7 nitrogen and oxygen atoms in total. The number of halogens is 1. The Kier molecular flexibility index (Phi) is 3.48. The molecule has 0 aliphatic rings. The molecule has 2 aromatic rings. The lowest BCUT2D eigenvalue weighted by atomic mass is 10.3. The van der Waals surface area contributed by atoms with Crippen LogP contribution in [0.15, 0.2) is 24.3 Å². The quantitative estimate of drug-likeness (QED) is 0.684. The molecule has 0 unspecified atom stereocenters. The normalized spacial score (nSPS) is 10.2. The van der Waals surface area contributed by atoms with Crippen molar-refractivity contribution in [2.24, 2.45) is 0 Å². The van der Waals surface area contributed by atoms with Crippen LogP contribution >= 0.6 is 11.6 Å². The van der Waals surface area contributed by atoms with E-state index < -0.39 is 4.92 Å². The van der Waals surface area contributed by atoms with Crippen LogP contribution in [0.5, 0.6) is 11.6 Å². The predicted molar refractivity (Wildman–Crippen MR) is 69.4 cm³/mol. The van der Waals surface area contributed by atoms with Gasteiger partial charge in [-0.25, -0.2) is 4.98 Å². The van der Waals surface area contributed by atoms with Crippen molar-refractivity contribution in [1.29, 1.82) is 0 Å². The Labute approximate surface area is 113 Å². The Morgan fingerprint density at radius 1 is 1.37 bits per heavy atom. The van der Waals surface area contributed by atoms with Gasteiger partial charge in [0, 0.05) is 28.9 Å². The number of aryl methyl sites for hydroxylation is 1. The Morgan fingerprint density at radius 2 is 2.11 bits per heavy atom. The number of rotatable bonds is 3. The zero-order valence-corrected chi connectivity index (χ0v) is 10.6. The van der Waals surface area contributed by atoms with Gasteiger partial charge in [-0.15, -0.1) is 0 Å². The van der Waals surface area contributed by atoms with Crippen molar-refractivity contribution >= 4 is 23.2 Å². The lowest BCUT2D eigenvalue weighted by Gasteiger charge is -2.06. The summed E-state index contributed by atoms with van der Waals surface area (Å²) in [7, 11) is 0. The highest BCUT2D eigenvalue weighted by atomic mass is 35.5. The summed E-state index contributed by atoms with van der Waals surface area (Å²) >= 11 is 5.79. The number of aromatic nitrogens is 2. The molecule has 0 fully saturated rings. The Balaban J connectivity index is 2.42. The largest absolute Gasteiger partial charge is 0.432 e. The van der Waals surface area contributed by atoms with Crippen molar-refractivity contribution in [3.8, 4) is 11.6 Å². The van der Waals surface area contributed by atoms with E-state index in [4.69, 9.17) is 22.1 Å². The first-order valence-corrected chi connectivity index (χ1v) is 5.56. The van der Waals surface area contributed by atoms with E-state index in [2.05, 4.69) is 9.97 Å². The van der Waals surface area contributed by atoms with E-state index in [1.54, 1.807) is 6.92 Å². The zero-order chi connectivity index (χ0) is 14.0. The summed E-state index contributed by atoms with van der Waals surface area (Å²) in [5.74, 6) is 0.144. The maximum atomic E-state index is 10.9. The summed E-state index contributed by atoms with van der Waals surface area (Å²) in [5.41, 5.74) is 5.86. The maximum absolute atomic E-state index is 10.9. The van der Waals surface area contributed by atoms with Crippen molar-refractivity contribution in [2.45, 2.75) is 6.92 Å². The van der Waals surface area contributed by atoms with Crippen molar-refractivity contribution < 1.29 is 9.66 Å². The number of hydrogen-bond donors (Lipinski definition) is 1. The van der Waals surface area contributed by atoms with E-state index in [0.29, 0.717) is 10.7 Å². The third kappa shape index (κ3) is 3.08. The predicted octanol–water partition coefficient (Wildman–Crippen LogP) is 2.72. The van der Waals surface area contributed by atoms with Gasteiger partial charge in [0.1, 0.15) is 0 Å². The Bertz CT molecular complexity index is 628. The van der Waals surface area contributed by atoms with E-state index in [1.165, 1.54) is 24.3 Å². The second kappa shape index (κ2) is 5.07. The Morgan fingerprint density at radius 3 is 2.74 bits per heavy atom. The number of nitro groups is 1. The molecule has 0 saturated carbocycles. The molecule has 0 bridgehead atoms. The molecule has 1 heterocycles. The van der Waals surface area contributed by atoms with E-state index in [-0.39, 0.29) is 23.3 Å². The molecule has 8 heteroatoms. The minimum Gasteiger partial charge on any atom is -0.432 e. The van der Waals surface area contributed by atoms with Crippen LogP contribution in [-0.4, -0.2) is 14.9 Å². The average molecular weight is 281 g/mol. The molecule has 0 radical (unpaired) electrons. The molecule has 0 spiro atoms. The first-order chi connectivity index (χ1) is 8.95. The summed E-state index contributed by atoms with van der Waals surface area (Å²) in [4.78, 5) is 18.0. The number of hydrogen-bond acceptors (Lipinski definition) is 6. The fourth-order valence-corrected chi connectivity index (χ4v) is 1.61. The number of nitrogens with two attached hydrogens (primary N) is 1. The van der Waals surface area contributed by atoms with E-state index in [0.717, 1.165) is 0 Å². The smallest absolute Gasteiger partial charge is 0.311 e. The fourth-order valence-electron chi connectivity index (χ4n) is 1.45. The Hall–Kier alpha value is -2.41. The average Bonchev–Trinajstić information content (AvgIpc) is 2.26. The minimum absolute atomic E-state index is 0.00463. The van der Waals surface area contributed by atoms with Crippen molar-refractivity contribution in [1.82, 2.24) is 9.97 Å². The van der Waals surface area contributed by atoms with E-state index in [9.17, 15) is 10.1 Å². The summed E-state index contributed by atoms with van der Waals surface area (Å²) < 4.78 is 5.36. The number of nitrogens with zero attached hydrogens (tertiary/aromatic N) is 3. The number of nitro benzene ring substituents is 1. The molecular weight excluding hydrogens is 272 g/mol. The van der Waals surface area contributed by atoms with E-state index in [1.807, 2.05) is 0 Å². The van der Waals surface area contributed by atoms with Crippen LogP contribution in [0.2, 0.25) is 5.02 Å². The highest BCUT2D eigenvalue weighted by Gasteiger charge is 2.17. The molecule has 2 rings (SSSR count). The SMILES string of the molecule is Cc1cc(Oc2cc(Cl)ccc2[N+](=O)[O-])nc(N)n1. The summed E-state index contributed by atoms with van der Waals surface area (Å²) in [6.45, 7) is 1.71. The standard InChI is InChI=1S/C11H9ClN4O3/c1-6-4-10(15-11(13)14-6)19-9-5-7(12)2-3-8(9)16(17)18/h2-5H,1H3,(H2,13,14,15). The molecule has 0 atom stereocenters. The van der Waals surface area contributed by atoms with Crippen LogP contribution in [0.3, 0.4) is 0 Å². The van der Waals surface area contributed by atoms with Gasteiger partial charge in [-0.1, -0.05) is 11.6 Å². The highest BCUT2D eigenvalue weighted by molar-refractivity contribution is 6.30. The van der Waals surface area contributed by atoms with Crippen LogP contribution in [0.1, 0.15) is 5.69 Å². The monoisotopic (exact) mass is 280 g/mol. The minimum atomic E-state index is -0.566. The third-order valence-corrected chi connectivity index (χ3v) is 2.42.